The Bertz CT molecular complexity index is 837. The number of aliphatic hydroxyl groups excluding tert-OH is 1. The molecule has 8 nitrogen and oxygen atoms in total. The number of hydrogen-bond donors (Lipinski definition) is 1. The van der Waals surface area contributed by atoms with Crippen molar-refractivity contribution in [2.45, 2.75) is 87.3 Å². The standard InChI is InChI=1S/C28H43BrN2O6/c1-4-7-10-15-30(14-6-3)26(34)24-28-19-20(29)23(37-28)21(27(35)36-18-13-8-5-2)22(28)25(33)31(24)16-11-9-12-17-32/h5-6,20-24,32H,2-4,7-19H2,1H3/t20?,21-,22+,23-,24?,28?/m1/s1. The largest absolute Gasteiger partial charge is 0.465 e. The van der Waals surface area contributed by atoms with E-state index in [1.807, 2.05) is 0 Å². The van der Waals surface area contributed by atoms with Crippen LogP contribution < -0.4 is 0 Å². The maximum atomic E-state index is 14.2. The Balaban J connectivity index is 1.91. The smallest absolute Gasteiger partial charge is 0.312 e. The number of halogens is 1. The Morgan fingerprint density at radius 2 is 2.00 bits per heavy atom. The highest BCUT2D eigenvalue weighted by Crippen LogP contribution is 2.60. The van der Waals surface area contributed by atoms with Crippen LogP contribution in [0.25, 0.3) is 0 Å². The van der Waals surface area contributed by atoms with Crippen molar-refractivity contribution in [2.24, 2.45) is 11.8 Å². The predicted octanol–water partition coefficient (Wildman–Crippen LogP) is 3.61. The number of rotatable bonds is 17. The number of hydrogen-bond acceptors (Lipinski definition) is 6. The van der Waals surface area contributed by atoms with Gasteiger partial charge in [-0.3, -0.25) is 14.4 Å². The van der Waals surface area contributed by atoms with Crippen molar-refractivity contribution in [1.82, 2.24) is 9.80 Å². The number of carbonyl (C=O) groups is 3. The van der Waals surface area contributed by atoms with Crippen LogP contribution in [0.1, 0.15) is 64.7 Å². The number of allylic oxidation sites excluding steroid dienone is 1. The van der Waals surface area contributed by atoms with Gasteiger partial charge in [-0.2, -0.15) is 0 Å². The molecule has 3 rings (SSSR count). The predicted molar refractivity (Wildman–Crippen MR) is 145 cm³/mol. The molecular weight excluding hydrogens is 540 g/mol. The normalized spacial score (nSPS) is 29.9. The van der Waals surface area contributed by atoms with E-state index in [0.29, 0.717) is 45.3 Å². The van der Waals surface area contributed by atoms with Gasteiger partial charge in [-0.05, 0) is 44.9 Å². The summed E-state index contributed by atoms with van der Waals surface area (Å²) in [5.41, 5.74) is -1.07. The Hall–Kier alpha value is -1.71. The molecule has 3 heterocycles. The van der Waals surface area contributed by atoms with Gasteiger partial charge in [0.25, 0.3) is 0 Å². The molecule has 3 saturated heterocycles. The molecule has 0 aromatic rings. The highest BCUT2D eigenvalue weighted by Gasteiger charge is 2.77. The van der Waals surface area contributed by atoms with Crippen LogP contribution in [0.3, 0.4) is 0 Å². The van der Waals surface area contributed by atoms with Crippen LogP contribution in [0.2, 0.25) is 0 Å². The summed E-state index contributed by atoms with van der Waals surface area (Å²) < 4.78 is 12.1. The molecule has 3 aliphatic heterocycles. The summed E-state index contributed by atoms with van der Waals surface area (Å²) in [4.78, 5) is 44.7. The first-order valence-corrected chi connectivity index (χ1v) is 14.7. The number of ether oxygens (including phenoxy) is 2. The van der Waals surface area contributed by atoms with E-state index >= 15 is 0 Å². The average molecular weight is 584 g/mol. The number of unbranched alkanes of at least 4 members (excludes halogenated alkanes) is 5. The van der Waals surface area contributed by atoms with Crippen LogP contribution in [0.4, 0.5) is 0 Å². The van der Waals surface area contributed by atoms with Crippen LogP contribution in [-0.4, -0.2) is 88.1 Å². The van der Waals surface area contributed by atoms with Gasteiger partial charge in [0.15, 0.2) is 0 Å². The van der Waals surface area contributed by atoms with Crippen molar-refractivity contribution in [3.63, 3.8) is 0 Å². The van der Waals surface area contributed by atoms with Crippen LogP contribution >= 0.6 is 15.9 Å². The third-order valence-corrected chi connectivity index (χ3v) is 8.69. The molecule has 1 spiro atoms. The summed E-state index contributed by atoms with van der Waals surface area (Å²) >= 11 is 3.69. The van der Waals surface area contributed by atoms with Crippen molar-refractivity contribution in [2.75, 3.05) is 32.8 Å². The molecule has 0 saturated carbocycles. The molecule has 0 aromatic carbocycles. The first-order chi connectivity index (χ1) is 17.9. The SMILES string of the molecule is C=CCCCOC(=O)[C@H]1[C@@H]2OC3(CC2Br)C(C(=O)N(CC=C)CCCCC)N(CCCCCO)C(=O)[C@H]13. The van der Waals surface area contributed by atoms with Crippen molar-refractivity contribution < 1.29 is 29.0 Å². The summed E-state index contributed by atoms with van der Waals surface area (Å²) in [6, 6.07) is -0.802. The number of alkyl halides is 1. The lowest BCUT2D eigenvalue weighted by molar-refractivity contribution is -0.155. The van der Waals surface area contributed by atoms with Gasteiger partial charge in [0.05, 0.1) is 24.5 Å². The Kier molecular flexibility index (Phi) is 11.2. The van der Waals surface area contributed by atoms with E-state index in [1.54, 1.807) is 22.0 Å². The quantitative estimate of drug-likeness (QED) is 0.122. The third kappa shape index (κ3) is 6.14. The Morgan fingerprint density at radius 3 is 2.68 bits per heavy atom. The van der Waals surface area contributed by atoms with Gasteiger partial charge in [-0.1, -0.05) is 47.8 Å². The van der Waals surface area contributed by atoms with Gasteiger partial charge in [0.2, 0.25) is 11.8 Å². The van der Waals surface area contributed by atoms with E-state index in [-0.39, 0.29) is 29.9 Å². The highest BCUT2D eigenvalue weighted by molar-refractivity contribution is 9.09. The average Bonchev–Trinajstić information content (AvgIpc) is 3.47. The number of amides is 2. The lowest BCUT2D eigenvalue weighted by Gasteiger charge is -2.37. The minimum atomic E-state index is -1.07. The number of fused-ring (bicyclic) bond motifs is 1. The molecule has 0 radical (unpaired) electrons. The van der Waals surface area contributed by atoms with Gasteiger partial charge in [0, 0.05) is 31.1 Å². The van der Waals surface area contributed by atoms with E-state index < -0.39 is 35.6 Å². The van der Waals surface area contributed by atoms with Crippen molar-refractivity contribution in [3.8, 4) is 0 Å². The molecule has 2 bridgehead atoms. The zero-order valence-corrected chi connectivity index (χ0v) is 23.7. The highest BCUT2D eigenvalue weighted by atomic mass is 79.9. The second-order valence-corrected chi connectivity index (χ2v) is 11.5. The molecule has 9 heteroatoms. The van der Waals surface area contributed by atoms with Crippen LogP contribution in [-0.2, 0) is 23.9 Å². The summed E-state index contributed by atoms with van der Waals surface area (Å²) in [5, 5.41) is 9.20. The summed E-state index contributed by atoms with van der Waals surface area (Å²) in [6.07, 6.45) is 9.81. The third-order valence-electron chi connectivity index (χ3n) is 7.84. The molecule has 0 aromatic heterocycles. The zero-order chi connectivity index (χ0) is 27.0. The monoisotopic (exact) mass is 582 g/mol. The lowest BCUT2D eigenvalue weighted by Crippen LogP contribution is -2.57. The molecule has 37 heavy (non-hydrogen) atoms. The van der Waals surface area contributed by atoms with Gasteiger partial charge in [0.1, 0.15) is 11.6 Å². The van der Waals surface area contributed by atoms with Crippen molar-refractivity contribution in [1.29, 1.82) is 0 Å². The molecule has 3 fully saturated rings. The van der Waals surface area contributed by atoms with E-state index in [4.69, 9.17) is 9.47 Å². The number of aliphatic hydroxyl groups is 1. The number of likely N-dealkylation sites (tertiary alicyclic amines) is 1. The lowest BCUT2D eigenvalue weighted by atomic mass is 9.70. The summed E-state index contributed by atoms with van der Waals surface area (Å²) in [5.74, 6) is -2.28. The molecule has 0 aliphatic carbocycles. The van der Waals surface area contributed by atoms with E-state index in [2.05, 4.69) is 36.0 Å². The topological polar surface area (TPSA) is 96.4 Å². The number of carbonyl (C=O) groups excluding carboxylic acids is 3. The molecule has 3 unspecified atom stereocenters. The maximum Gasteiger partial charge on any atom is 0.312 e. The number of esters is 1. The van der Waals surface area contributed by atoms with E-state index in [0.717, 1.165) is 32.1 Å². The van der Waals surface area contributed by atoms with Crippen LogP contribution in [0.5, 0.6) is 0 Å². The molecule has 2 amide bonds. The van der Waals surface area contributed by atoms with E-state index in [9.17, 15) is 19.5 Å². The van der Waals surface area contributed by atoms with E-state index in [1.165, 1.54) is 0 Å². The minimum Gasteiger partial charge on any atom is -0.465 e. The van der Waals surface area contributed by atoms with Gasteiger partial charge < -0.3 is 24.4 Å². The summed E-state index contributed by atoms with van der Waals surface area (Å²) in [6.45, 7) is 11.3. The molecule has 6 atom stereocenters. The van der Waals surface area contributed by atoms with Crippen LogP contribution in [0, 0.1) is 11.8 Å². The summed E-state index contributed by atoms with van der Waals surface area (Å²) in [7, 11) is 0. The van der Waals surface area contributed by atoms with Crippen molar-refractivity contribution >= 4 is 33.7 Å². The minimum absolute atomic E-state index is 0.0865. The van der Waals surface area contributed by atoms with Gasteiger partial charge in [-0.25, -0.2) is 0 Å². The van der Waals surface area contributed by atoms with Crippen LogP contribution in [0.15, 0.2) is 25.3 Å². The maximum absolute atomic E-state index is 14.2. The first kappa shape index (κ1) is 29.8. The second-order valence-electron chi connectivity index (χ2n) is 10.4. The molecule has 208 valence electrons. The second kappa shape index (κ2) is 13.9. The Morgan fingerprint density at radius 1 is 1.22 bits per heavy atom. The first-order valence-electron chi connectivity index (χ1n) is 13.8. The fourth-order valence-electron chi connectivity index (χ4n) is 6.16. The molecule has 3 aliphatic rings. The Labute approximate surface area is 229 Å². The van der Waals surface area contributed by atoms with Gasteiger partial charge in [-0.15, -0.1) is 13.2 Å². The fraction of sp³-hybridized carbons (Fsp3) is 0.750. The fourth-order valence-corrected chi connectivity index (χ4v) is 7.10. The molecular formula is C28H43BrN2O6. The zero-order valence-electron chi connectivity index (χ0n) is 22.1. The van der Waals surface area contributed by atoms with Gasteiger partial charge >= 0.3 is 5.97 Å². The number of nitrogens with zero attached hydrogens (tertiary/aromatic N) is 2. The molecule has 1 N–H and O–H groups in total. The van der Waals surface area contributed by atoms with Crippen molar-refractivity contribution in [3.05, 3.63) is 25.3 Å².